The molecule has 9 nitrogen and oxygen atoms in total. The van der Waals surface area contributed by atoms with Gasteiger partial charge in [0.15, 0.2) is 0 Å². The van der Waals surface area contributed by atoms with Crippen LogP contribution in [-0.4, -0.2) is 77.3 Å². The van der Waals surface area contributed by atoms with Gasteiger partial charge < -0.3 is 20.4 Å². The van der Waals surface area contributed by atoms with E-state index >= 15 is 0 Å². The molecule has 0 bridgehead atoms. The molecule has 10 heteroatoms. The van der Waals surface area contributed by atoms with Crippen LogP contribution in [0.25, 0.3) is 0 Å². The lowest BCUT2D eigenvalue weighted by molar-refractivity contribution is -0.115. The number of piperazine rings is 1. The molecular weight excluding hydrogens is 536 g/mol. The molecule has 1 unspecified atom stereocenters. The Morgan fingerprint density at radius 1 is 0.927 bits per heavy atom. The lowest BCUT2D eigenvalue weighted by atomic mass is 9.90. The van der Waals surface area contributed by atoms with Crippen molar-refractivity contribution in [2.24, 2.45) is 4.99 Å². The van der Waals surface area contributed by atoms with Gasteiger partial charge >= 0.3 is 0 Å². The van der Waals surface area contributed by atoms with E-state index < -0.39 is 15.9 Å². The summed E-state index contributed by atoms with van der Waals surface area (Å²) in [5.74, 6) is -0.976. The first-order chi connectivity index (χ1) is 19.9. The molecule has 0 radical (unpaired) electrons. The highest BCUT2D eigenvalue weighted by molar-refractivity contribution is 7.89. The minimum Gasteiger partial charge on any atom is -0.369 e. The van der Waals surface area contributed by atoms with Gasteiger partial charge in [-0.1, -0.05) is 30.3 Å². The topological polar surface area (TPSA) is 106 Å². The lowest BCUT2D eigenvalue weighted by Gasteiger charge is -2.34. The molecule has 3 aromatic rings. The Labute approximate surface area is 241 Å². The van der Waals surface area contributed by atoms with Crippen molar-refractivity contribution in [1.29, 1.82) is 0 Å². The highest BCUT2D eigenvalue weighted by atomic mass is 32.2. The monoisotopic (exact) mass is 572 g/mol. The van der Waals surface area contributed by atoms with Crippen LogP contribution in [0.3, 0.4) is 0 Å². The van der Waals surface area contributed by atoms with Crippen molar-refractivity contribution in [2.75, 3.05) is 56.5 Å². The highest BCUT2D eigenvalue weighted by Crippen LogP contribution is 2.38. The molecule has 214 valence electrons. The fourth-order valence-electron chi connectivity index (χ4n) is 5.75. The van der Waals surface area contributed by atoms with E-state index in [9.17, 15) is 13.2 Å². The standard InChI is InChI=1S/C31H36N6O3S/c1-36-17-19-37(20-18-36)25-9-7-23(8-10-25)33-30(22-5-3-2-4-6-22)29-27-21-26(11-12-28(27)34-31(29)38)41(39,40)35-24-13-15-32-16-14-24/h2-12,21,24,29,32,35H,13-20H2,1H3,(H,34,38). The first-order valence-corrected chi connectivity index (χ1v) is 15.7. The lowest BCUT2D eigenvalue weighted by Crippen LogP contribution is -2.44. The molecule has 6 rings (SSSR count). The Hall–Kier alpha value is -3.57. The van der Waals surface area contributed by atoms with E-state index in [0.29, 0.717) is 17.0 Å². The van der Waals surface area contributed by atoms with Gasteiger partial charge in [0, 0.05) is 43.6 Å². The van der Waals surface area contributed by atoms with E-state index in [0.717, 1.165) is 69.0 Å². The van der Waals surface area contributed by atoms with Gasteiger partial charge in [-0.2, -0.15) is 0 Å². The van der Waals surface area contributed by atoms with Gasteiger partial charge in [-0.05, 0) is 86.6 Å². The number of fused-ring (bicyclic) bond motifs is 1. The Morgan fingerprint density at radius 3 is 2.34 bits per heavy atom. The van der Waals surface area contributed by atoms with Crippen molar-refractivity contribution >= 4 is 38.7 Å². The summed E-state index contributed by atoms with van der Waals surface area (Å²) in [6.07, 6.45) is 1.48. The number of anilines is 2. The number of benzene rings is 3. The van der Waals surface area contributed by atoms with Crippen molar-refractivity contribution in [3.63, 3.8) is 0 Å². The van der Waals surface area contributed by atoms with Gasteiger partial charge in [0.2, 0.25) is 15.9 Å². The maximum atomic E-state index is 13.4. The minimum absolute atomic E-state index is 0.111. The second-order valence-electron chi connectivity index (χ2n) is 11.0. The van der Waals surface area contributed by atoms with E-state index in [1.165, 1.54) is 0 Å². The van der Waals surface area contributed by atoms with Crippen molar-refractivity contribution < 1.29 is 13.2 Å². The molecule has 2 saturated heterocycles. The van der Waals surface area contributed by atoms with Crippen LogP contribution in [-0.2, 0) is 14.8 Å². The van der Waals surface area contributed by atoms with Crippen LogP contribution >= 0.6 is 0 Å². The maximum Gasteiger partial charge on any atom is 0.240 e. The first-order valence-electron chi connectivity index (χ1n) is 14.2. The average molecular weight is 573 g/mol. The SMILES string of the molecule is CN1CCN(c2ccc(N=C(c3ccccc3)C3C(=O)Nc4ccc(S(=O)(=O)NC5CCNCC5)cc43)cc2)CC1. The van der Waals surface area contributed by atoms with Crippen molar-refractivity contribution in [3.8, 4) is 0 Å². The molecule has 41 heavy (non-hydrogen) atoms. The molecule has 3 aliphatic rings. The van der Waals surface area contributed by atoms with Crippen molar-refractivity contribution in [2.45, 2.75) is 29.7 Å². The van der Waals surface area contributed by atoms with Crippen LogP contribution in [0.5, 0.6) is 0 Å². The van der Waals surface area contributed by atoms with Crippen LogP contribution in [0.15, 0.2) is 82.7 Å². The molecule has 3 aromatic carbocycles. The van der Waals surface area contributed by atoms with Gasteiger partial charge in [0.1, 0.15) is 5.92 Å². The summed E-state index contributed by atoms with van der Waals surface area (Å²) >= 11 is 0. The summed E-state index contributed by atoms with van der Waals surface area (Å²) in [5.41, 5.74) is 4.49. The number of nitrogens with one attached hydrogen (secondary N) is 3. The molecule has 1 atom stereocenters. The van der Waals surface area contributed by atoms with Crippen LogP contribution in [0.4, 0.5) is 17.1 Å². The predicted molar refractivity (Wildman–Crippen MR) is 163 cm³/mol. The molecular formula is C31H36N6O3S. The highest BCUT2D eigenvalue weighted by Gasteiger charge is 2.37. The molecule has 0 saturated carbocycles. The summed E-state index contributed by atoms with van der Waals surface area (Å²) < 4.78 is 29.5. The summed E-state index contributed by atoms with van der Waals surface area (Å²) in [6.45, 7) is 5.57. The Kier molecular flexibility index (Phi) is 7.90. The average Bonchev–Trinajstić information content (AvgIpc) is 3.32. The normalized spacial score (nSPS) is 20.6. The zero-order chi connectivity index (χ0) is 28.4. The fraction of sp³-hybridized carbons (Fsp3) is 0.355. The van der Waals surface area contributed by atoms with Gasteiger partial charge in [0.25, 0.3) is 0 Å². The van der Waals surface area contributed by atoms with E-state index in [1.807, 2.05) is 42.5 Å². The van der Waals surface area contributed by atoms with Crippen molar-refractivity contribution in [1.82, 2.24) is 14.9 Å². The smallest absolute Gasteiger partial charge is 0.240 e. The van der Waals surface area contributed by atoms with E-state index in [-0.39, 0.29) is 16.8 Å². The summed E-state index contributed by atoms with van der Waals surface area (Å²) in [7, 11) is -1.62. The van der Waals surface area contributed by atoms with Gasteiger partial charge in [-0.15, -0.1) is 0 Å². The van der Waals surface area contributed by atoms with Crippen LogP contribution in [0.1, 0.15) is 29.9 Å². The van der Waals surface area contributed by atoms with E-state index in [2.05, 4.69) is 44.3 Å². The number of carbonyl (C=O) groups is 1. The van der Waals surface area contributed by atoms with Crippen LogP contribution in [0.2, 0.25) is 0 Å². The quantitative estimate of drug-likeness (QED) is 0.375. The van der Waals surface area contributed by atoms with Crippen molar-refractivity contribution in [3.05, 3.63) is 83.9 Å². The number of sulfonamides is 1. The number of carbonyl (C=O) groups excluding carboxylic acids is 1. The minimum atomic E-state index is -3.76. The number of aliphatic imine (C=N–C) groups is 1. The molecule has 3 heterocycles. The molecule has 0 aromatic heterocycles. The second-order valence-corrected chi connectivity index (χ2v) is 12.7. The van der Waals surface area contributed by atoms with E-state index in [1.54, 1.807) is 18.2 Å². The number of nitrogens with zero attached hydrogens (tertiary/aromatic N) is 3. The van der Waals surface area contributed by atoms with Gasteiger partial charge in [-0.25, -0.2) is 13.1 Å². The Balaban J connectivity index is 1.34. The van der Waals surface area contributed by atoms with E-state index in [4.69, 9.17) is 4.99 Å². The predicted octanol–water partition coefficient (Wildman–Crippen LogP) is 3.33. The summed E-state index contributed by atoms with van der Waals surface area (Å²) in [6, 6.07) is 22.5. The fourth-order valence-corrected chi connectivity index (χ4v) is 7.09. The number of piperidine rings is 1. The van der Waals surface area contributed by atoms with Crippen LogP contribution < -0.4 is 20.3 Å². The molecule has 3 aliphatic heterocycles. The molecule has 2 fully saturated rings. The Morgan fingerprint density at radius 2 is 1.63 bits per heavy atom. The largest absolute Gasteiger partial charge is 0.369 e. The zero-order valence-corrected chi connectivity index (χ0v) is 24.0. The number of amides is 1. The molecule has 3 N–H and O–H groups in total. The van der Waals surface area contributed by atoms with Gasteiger partial charge in [0.05, 0.1) is 16.3 Å². The molecule has 0 aliphatic carbocycles. The molecule has 0 spiro atoms. The summed E-state index contributed by atoms with van der Waals surface area (Å²) in [5, 5.41) is 6.20. The van der Waals surface area contributed by atoms with Crippen LogP contribution in [0, 0.1) is 0 Å². The third-order valence-corrected chi connectivity index (χ3v) is 9.65. The zero-order valence-electron chi connectivity index (χ0n) is 23.2. The number of rotatable bonds is 7. The second kappa shape index (κ2) is 11.7. The first kappa shape index (κ1) is 27.6. The third kappa shape index (κ3) is 6.06. The number of hydrogen-bond acceptors (Lipinski definition) is 7. The number of hydrogen-bond donors (Lipinski definition) is 3. The summed E-state index contributed by atoms with van der Waals surface area (Å²) in [4.78, 5) is 23.3. The Bertz CT molecular complexity index is 1530. The van der Waals surface area contributed by atoms with Gasteiger partial charge in [-0.3, -0.25) is 9.79 Å². The number of likely N-dealkylation sites (N-methyl/N-ethyl adjacent to an activating group) is 1. The third-order valence-electron chi connectivity index (χ3n) is 8.14. The maximum absolute atomic E-state index is 13.4. The molecule has 1 amide bonds.